The van der Waals surface area contributed by atoms with E-state index in [4.69, 9.17) is 27.6 Å². The van der Waals surface area contributed by atoms with Crippen LogP contribution < -0.4 is 0 Å². The summed E-state index contributed by atoms with van der Waals surface area (Å²) in [6.07, 6.45) is 0. The molecule has 6 heteroatoms. The summed E-state index contributed by atoms with van der Waals surface area (Å²) >= 11 is 11.1. The molecule has 1 heterocycles. The average Bonchev–Trinajstić information content (AvgIpc) is 2.78. The smallest absolute Gasteiger partial charge is 0.285 e. The van der Waals surface area contributed by atoms with Gasteiger partial charge < -0.3 is 4.42 Å². The molecule has 82 valence electrons. The van der Waals surface area contributed by atoms with Crippen molar-refractivity contribution in [2.75, 3.05) is 5.88 Å². The fourth-order valence-corrected chi connectivity index (χ4v) is 1.34. The minimum Gasteiger partial charge on any atom is -0.414 e. The first-order valence-corrected chi connectivity index (χ1v) is 5.30. The second-order valence-corrected chi connectivity index (χ2v) is 3.68. The molecule has 0 aliphatic heterocycles. The lowest BCUT2D eigenvalue weighted by Gasteiger charge is -1.93. The Morgan fingerprint density at radius 1 is 1.25 bits per heavy atom. The topological polar surface area (TPSA) is 56.0 Å². The van der Waals surface area contributed by atoms with Crippen molar-refractivity contribution in [2.45, 2.75) is 0 Å². The number of nitrogens with zero attached hydrogens (tertiary/aromatic N) is 2. The number of hydrogen-bond donors (Lipinski definition) is 0. The number of alkyl halides is 1. The van der Waals surface area contributed by atoms with E-state index in [9.17, 15) is 4.79 Å². The molecular weight excluding hydrogens is 251 g/mol. The van der Waals surface area contributed by atoms with E-state index in [2.05, 4.69) is 10.2 Å². The van der Waals surface area contributed by atoms with Crippen molar-refractivity contribution in [3.8, 4) is 11.5 Å². The van der Waals surface area contributed by atoms with E-state index in [0.717, 1.165) is 0 Å². The first-order valence-electron chi connectivity index (χ1n) is 4.39. The van der Waals surface area contributed by atoms with E-state index in [-0.39, 0.29) is 17.7 Å². The fraction of sp³-hybridized carbons (Fsp3) is 0.100. The minimum absolute atomic E-state index is 0.0834. The van der Waals surface area contributed by atoms with Gasteiger partial charge in [0.05, 0.1) is 5.88 Å². The molecule has 0 aliphatic carbocycles. The summed E-state index contributed by atoms with van der Waals surface area (Å²) in [6, 6.07) is 6.85. The highest BCUT2D eigenvalue weighted by atomic mass is 35.5. The van der Waals surface area contributed by atoms with Crippen LogP contribution in [-0.4, -0.2) is 21.9 Å². The van der Waals surface area contributed by atoms with E-state index in [1.807, 2.05) is 0 Å². The molecule has 0 saturated carbocycles. The molecule has 0 spiro atoms. The maximum absolute atomic E-state index is 11.2. The SMILES string of the molecule is O=C(CCl)c1nnc(-c2ccc(Cl)cc2)o1. The van der Waals surface area contributed by atoms with Crippen LogP contribution in [0.5, 0.6) is 0 Å². The first kappa shape index (κ1) is 11.1. The zero-order valence-electron chi connectivity index (χ0n) is 7.98. The second-order valence-electron chi connectivity index (χ2n) is 2.98. The summed E-state index contributed by atoms with van der Waals surface area (Å²) in [7, 11) is 0. The van der Waals surface area contributed by atoms with Gasteiger partial charge in [0.25, 0.3) is 5.89 Å². The molecule has 0 saturated heterocycles. The number of carbonyl (C=O) groups excluding carboxylic acids is 1. The van der Waals surface area contributed by atoms with E-state index in [0.29, 0.717) is 10.6 Å². The van der Waals surface area contributed by atoms with Crippen molar-refractivity contribution < 1.29 is 9.21 Å². The molecule has 0 bridgehead atoms. The Bertz CT molecular complexity index is 508. The molecule has 1 aromatic carbocycles. The molecule has 0 fully saturated rings. The maximum Gasteiger partial charge on any atom is 0.285 e. The van der Waals surface area contributed by atoms with Crippen molar-refractivity contribution >= 4 is 29.0 Å². The number of halogens is 2. The van der Waals surface area contributed by atoms with Gasteiger partial charge in [-0.1, -0.05) is 11.6 Å². The number of aromatic nitrogens is 2. The van der Waals surface area contributed by atoms with E-state index in [1.165, 1.54) is 0 Å². The lowest BCUT2D eigenvalue weighted by atomic mass is 10.2. The predicted octanol–water partition coefficient (Wildman–Crippen LogP) is 2.81. The number of carbonyl (C=O) groups is 1. The van der Waals surface area contributed by atoms with Gasteiger partial charge in [0.1, 0.15) is 0 Å². The van der Waals surface area contributed by atoms with E-state index >= 15 is 0 Å². The normalized spacial score (nSPS) is 10.4. The van der Waals surface area contributed by atoms with E-state index in [1.54, 1.807) is 24.3 Å². The molecule has 0 atom stereocenters. The zero-order valence-corrected chi connectivity index (χ0v) is 9.50. The molecule has 0 N–H and O–H groups in total. The summed E-state index contributed by atoms with van der Waals surface area (Å²) in [5, 5.41) is 7.96. The number of Topliss-reactive ketones (excluding diaryl/α,β-unsaturated/α-hetero) is 1. The van der Waals surface area contributed by atoms with Crippen LogP contribution in [0, 0.1) is 0 Å². The molecule has 1 aromatic heterocycles. The summed E-state index contributed by atoms with van der Waals surface area (Å²) in [4.78, 5) is 11.2. The van der Waals surface area contributed by atoms with Gasteiger partial charge in [0.2, 0.25) is 11.7 Å². The van der Waals surface area contributed by atoms with Gasteiger partial charge in [-0.25, -0.2) is 0 Å². The molecule has 2 aromatic rings. The van der Waals surface area contributed by atoms with Crippen LogP contribution in [0.15, 0.2) is 28.7 Å². The van der Waals surface area contributed by atoms with Crippen LogP contribution in [0.25, 0.3) is 11.5 Å². The quantitative estimate of drug-likeness (QED) is 0.626. The highest BCUT2D eigenvalue weighted by Crippen LogP contribution is 2.20. The lowest BCUT2D eigenvalue weighted by molar-refractivity contribution is 0.0985. The fourth-order valence-electron chi connectivity index (χ4n) is 1.10. The van der Waals surface area contributed by atoms with Crippen LogP contribution in [0.3, 0.4) is 0 Å². The monoisotopic (exact) mass is 256 g/mol. The minimum atomic E-state index is -0.394. The van der Waals surface area contributed by atoms with Crippen molar-refractivity contribution in [1.82, 2.24) is 10.2 Å². The van der Waals surface area contributed by atoms with Crippen LogP contribution in [0.1, 0.15) is 10.7 Å². The van der Waals surface area contributed by atoms with Crippen molar-refractivity contribution in [3.63, 3.8) is 0 Å². The first-order chi connectivity index (χ1) is 7.70. The van der Waals surface area contributed by atoms with Gasteiger partial charge in [-0.3, -0.25) is 4.79 Å². The Kier molecular flexibility index (Phi) is 3.22. The van der Waals surface area contributed by atoms with Gasteiger partial charge >= 0.3 is 0 Å². The summed E-state index contributed by atoms with van der Waals surface area (Å²) in [6.45, 7) is 0. The predicted molar refractivity (Wildman–Crippen MR) is 59.8 cm³/mol. The molecule has 0 aliphatic rings. The van der Waals surface area contributed by atoms with Crippen molar-refractivity contribution in [3.05, 3.63) is 35.2 Å². The van der Waals surface area contributed by atoms with Crippen LogP contribution in [-0.2, 0) is 0 Å². The standard InChI is InChI=1S/C10H6Cl2N2O2/c11-5-8(15)10-14-13-9(16-10)6-1-3-7(12)4-2-6/h1-4H,5H2. The Balaban J connectivity index is 2.31. The highest BCUT2D eigenvalue weighted by molar-refractivity contribution is 6.30. The van der Waals surface area contributed by atoms with Gasteiger partial charge in [-0.15, -0.1) is 21.8 Å². The van der Waals surface area contributed by atoms with Gasteiger partial charge in [-0.2, -0.15) is 0 Å². The number of hydrogen-bond acceptors (Lipinski definition) is 4. The molecule has 2 rings (SSSR count). The largest absolute Gasteiger partial charge is 0.414 e. The third-order valence-electron chi connectivity index (χ3n) is 1.88. The summed E-state index contributed by atoms with van der Waals surface area (Å²) in [5.74, 6) is -0.387. The van der Waals surface area contributed by atoms with Crippen molar-refractivity contribution in [2.24, 2.45) is 0 Å². The Morgan fingerprint density at radius 3 is 2.56 bits per heavy atom. The molecule has 0 unspecified atom stereocenters. The lowest BCUT2D eigenvalue weighted by Crippen LogP contribution is -1.99. The van der Waals surface area contributed by atoms with Crippen molar-refractivity contribution in [1.29, 1.82) is 0 Å². The molecular formula is C10H6Cl2N2O2. The third-order valence-corrected chi connectivity index (χ3v) is 2.37. The molecule has 0 radical (unpaired) electrons. The van der Waals surface area contributed by atoms with Gasteiger partial charge in [0.15, 0.2) is 0 Å². The van der Waals surface area contributed by atoms with Crippen LogP contribution in [0.2, 0.25) is 5.02 Å². The number of rotatable bonds is 3. The second kappa shape index (κ2) is 4.63. The molecule has 0 amide bonds. The summed E-state index contributed by atoms with van der Waals surface area (Å²) < 4.78 is 5.16. The molecule has 16 heavy (non-hydrogen) atoms. The Morgan fingerprint density at radius 2 is 1.94 bits per heavy atom. The highest BCUT2D eigenvalue weighted by Gasteiger charge is 2.14. The zero-order chi connectivity index (χ0) is 11.5. The van der Waals surface area contributed by atoms with E-state index < -0.39 is 5.78 Å². The van der Waals surface area contributed by atoms with Crippen LogP contribution >= 0.6 is 23.2 Å². The van der Waals surface area contributed by atoms with Gasteiger partial charge in [-0.05, 0) is 24.3 Å². The average molecular weight is 257 g/mol. The Hall–Kier alpha value is -1.39. The third kappa shape index (κ3) is 2.23. The number of ketones is 1. The number of benzene rings is 1. The maximum atomic E-state index is 11.2. The molecule has 4 nitrogen and oxygen atoms in total. The van der Waals surface area contributed by atoms with Crippen LogP contribution in [0.4, 0.5) is 0 Å². The Labute approximate surface area is 101 Å². The summed E-state index contributed by atoms with van der Waals surface area (Å²) in [5.41, 5.74) is 0.700. The van der Waals surface area contributed by atoms with Gasteiger partial charge in [0, 0.05) is 10.6 Å².